The number of phosphoric acid groups is 1. The molecule has 0 aliphatic carbocycles. The molecule has 2 atom stereocenters. The quantitative estimate of drug-likeness (QED) is 0.0211. The van der Waals surface area contributed by atoms with Crippen LogP contribution in [0.5, 0.6) is 0 Å². The topological polar surface area (TPSA) is 108 Å². The van der Waals surface area contributed by atoms with E-state index in [2.05, 4.69) is 26.0 Å². The van der Waals surface area contributed by atoms with Crippen LogP contribution in [0.25, 0.3) is 0 Å². The van der Waals surface area contributed by atoms with E-state index in [0.717, 1.165) is 32.1 Å². The molecule has 0 amide bonds. The van der Waals surface area contributed by atoms with Crippen LogP contribution < -0.4 is 0 Å². The van der Waals surface area contributed by atoms with E-state index >= 15 is 0 Å². The number of esters is 2. The number of carbonyl (C=O) groups excluding carboxylic acids is 2. The lowest BCUT2D eigenvalue weighted by molar-refractivity contribution is -0.870. The molecule has 446 valence electrons. The van der Waals surface area contributed by atoms with Gasteiger partial charge in [-0.1, -0.05) is 302 Å². The molecule has 0 aromatic rings. The highest BCUT2D eigenvalue weighted by Crippen LogP contribution is 2.43. The molecule has 9 nitrogen and oxygen atoms in total. The fourth-order valence-corrected chi connectivity index (χ4v) is 10.7. The smallest absolute Gasteiger partial charge is 0.462 e. The monoisotopic (exact) mass is 1080 g/mol. The number of rotatable bonds is 62. The third kappa shape index (κ3) is 61.8. The number of hydrogen-bond donors (Lipinski definition) is 1. The van der Waals surface area contributed by atoms with Gasteiger partial charge >= 0.3 is 19.8 Å². The van der Waals surface area contributed by atoms with E-state index in [1.54, 1.807) is 0 Å². The van der Waals surface area contributed by atoms with Crippen molar-refractivity contribution in [2.45, 2.75) is 347 Å². The van der Waals surface area contributed by atoms with E-state index in [0.29, 0.717) is 23.9 Å². The second kappa shape index (κ2) is 57.4. The number of hydrogen-bond acceptors (Lipinski definition) is 7. The van der Waals surface area contributed by atoms with Crippen molar-refractivity contribution >= 4 is 19.8 Å². The summed E-state index contributed by atoms with van der Waals surface area (Å²) in [5.74, 6) is -0.774. The standard InChI is InChI=1S/C65H128NO8P/c1-6-8-10-12-14-16-18-20-22-24-26-28-30-32-34-35-37-39-41-43-45-47-49-51-53-55-57-64(67)71-61-63(62-73-75(69,70)72-60-59-66(3,4)5)74-65(68)58-56-54-52-50-48-46-44-42-40-38-36-33-31-29-27-25-23-21-19-17-15-13-11-9-7-2/h25,27,63H,6-24,26,28-62H2,1-5H3/p+1/b27-25-. The fraction of sp³-hybridized carbons (Fsp3) is 0.938. The molecule has 0 aliphatic heterocycles. The highest BCUT2D eigenvalue weighted by Gasteiger charge is 2.27. The van der Waals surface area contributed by atoms with Crippen molar-refractivity contribution in [1.82, 2.24) is 0 Å². The zero-order valence-electron chi connectivity index (χ0n) is 50.8. The molecule has 0 fully saturated rings. The minimum atomic E-state index is -4.38. The predicted molar refractivity (Wildman–Crippen MR) is 321 cm³/mol. The Morgan fingerprint density at radius 2 is 0.680 bits per heavy atom. The van der Waals surface area contributed by atoms with E-state index in [1.807, 2.05) is 21.1 Å². The Bertz CT molecular complexity index is 1270. The molecule has 0 rings (SSSR count). The molecule has 0 aromatic carbocycles. The van der Waals surface area contributed by atoms with Crippen molar-refractivity contribution < 1.29 is 42.1 Å². The molecule has 0 saturated heterocycles. The summed E-state index contributed by atoms with van der Waals surface area (Å²) in [6, 6.07) is 0. The lowest BCUT2D eigenvalue weighted by Crippen LogP contribution is -2.37. The average Bonchev–Trinajstić information content (AvgIpc) is 3.37. The Balaban J connectivity index is 4.03. The van der Waals surface area contributed by atoms with Gasteiger partial charge in [-0.25, -0.2) is 4.57 Å². The molecular formula is C65H129NO8P+. The van der Waals surface area contributed by atoms with Crippen LogP contribution in [0.4, 0.5) is 0 Å². The Morgan fingerprint density at radius 1 is 0.400 bits per heavy atom. The number of unbranched alkanes of at least 4 members (excludes halogenated alkanes) is 46. The van der Waals surface area contributed by atoms with Gasteiger partial charge in [0.1, 0.15) is 19.8 Å². The van der Waals surface area contributed by atoms with Gasteiger partial charge in [0.15, 0.2) is 6.10 Å². The molecule has 10 heteroatoms. The molecule has 0 radical (unpaired) electrons. The zero-order valence-corrected chi connectivity index (χ0v) is 51.7. The summed E-state index contributed by atoms with van der Waals surface area (Å²) in [7, 11) is 1.50. The number of allylic oxidation sites excluding steroid dienone is 2. The Labute approximate surface area is 466 Å². The summed E-state index contributed by atoms with van der Waals surface area (Å²) in [6.45, 7) is 4.51. The van der Waals surface area contributed by atoms with Crippen LogP contribution in [0.1, 0.15) is 341 Å². The van der Waals surface area contributed by atoms with Gasteiger partial charge in [-0.3, -0.25) is 18.6 Å². The molecule has 0 aromatic heterocycles. The van der Waals surface area contributed by atoms with Crippen molar-refractivity contribution in [2.24, 2.45) is 0 Å². The van der Waals surface area contributed by atoms with Crippen LogP contribution >= 0.6 is 7.82 Å². The normalized spacial score (nSPS) is 13.2. The van der Waals surface area contributed by atoms with E-state index < -0.39 is 26.5 Å². The van der Waals surface area contributed by atoms with Gasteiger partial charge in [0, 0.05) is 12.8 Å². The molecule has 0 saturated carbocycles. The average molecular weight is 1080 g/mol. The second-order valence-corrected chi connectivity index (χ2v) is 25.3. The summed E-state index contributed by atoms with van der Waals surface area (Å²) in [4.78, 5) is 35.8. The Hall–Kier alpha value is -1.25. The first-order valence-corrected chi connectivity index (χ1v) is 34.4. The van der Waals surface area contributed by atoms with Crippen molar-refractivity contribution in [3.05, 3.63) is 12.2 Å². The van der Waals surface area contributed by atoms with Gasteiger partial charge in [-0.15, -0.1) is 0 Å². The van der Waals surface area contributed by atoms with E-state index in [1.165, 1.54) is 276 Å². The van der Waals surface area contributed by atoms with Gasteiger partial charge in [0.25, 0.3) is 0 Å². The maximum absolute atomic E-state index is 12.8. The molecule has 0 heterocycles. The van der Waals surface area contributed by atoms with Gasteiger partial charge in [-0.2, -0.15) is 0 Å². The third-order valence-electron chi connectivity index (χ3n) is 15.0. The van der Waals surface area contributed by atoms with Crippen LogP contribution in [0.15, 0.2) is 12.2 Å². The van der Waals surface area contributed by atoms with Gasteiger partial charge in [0.2, 0.25) is 0 Å². The van der Waals surface area contributed by atoms with Crippen LogP contribution in [0.3, 0.4) is 0 Å². The largest absolute Gasteiger partial charge is 0.472 e. The molecule has 1 N–H and O–H groups in total. The van der Waals surface area contributed by atoms with Gasteiger partial charge in [0.05, 0.1) is 27.7 Å². The van der Waals surface area contributed by atoms with Crippen LogP contribution in [-0.2, 0) is 32.7 Å². The first kappa shape index (κ1) is 73.8. The second-order valence-electron chi connectivity index (χ2n) is 23.9. The SMILES string of the molecule is CCCCCCCCCC/C=C\CCCCCCCCCCCCCCCC(=O)OC(COC(=O)CCCCCCCCCCCCCCCCCCCCCCCCCCCC)COP(=O)(O)OCC[N+](C)(C)C. The molecule has 0 bridgehead atoms. The zero-order chi connectivity index (χ0) is 54.9. The fourth-order valence-electron chi connectivity index (χ4n) is 9.96. The first-order valence-electron chi connectivity index (χ1n) is 32.9. The maximum Gasteiger partial charge on any atom is 0.472 e. The highest BCUT2D eigenvalue weighted by molar-refractivity contribution is 7.47. The Morgan fingerprint density at radius 3 is 0.987 bits per heavy atom. The molecule has 0 aliphatic rings. The van der Waals surface area contributed by atoms with E-state index in [9.17, 15) is 19.0 Å². The number of phosphoric ester groups is 1. The van der Waals surface area contributed by atoms with Gasteiger partial charge in [-0.05, 0) is 38.5 Å². The molecule has 0 spiro atoms. The lowest BCUT2D eigenvalue weighted by atomic mass is 10.0. The van der Waals surface area contributed by atoms with Crippen LogP contribution in [-0.4, -0.2) is 74.9 Å². The van der Waals surface area contributed by atoms with E-state index in [-0.39, 0.29) is 25.6 Å². The minimum absolute atomic E-state index is 0.0360. The highest BCUT2D eigenvalue weighted by atomic mass is 31.2. The summed E-state index contributed by atoms with van der Waals surface area (Å²) >= 11 is 0. The minimum Gasteiger partial charge on any atom is -0.462 e. The summed E-state index contributed by atoms with van der Waals surface area (Å²) in [5, 5.41) is 0. The van der Waals surface area contributed by atoms with Crippen molar-refractivity contribution in [1.29, 1.82) is 0 Å². The van der Waals surface area contributed by atoms with Crippen molar-refractivity contribution in [2.75, 3.05) is 47.5 Å². The summed E-state index contributed by atoms with van der Waals surface area (Å²) in [5.41, 5.74) is 0. The molecular weight excluding hydrogens is 954 g/mol. The number of carbonyl (C=O) groups is 2. The van der Waals surface area contributed by atoms with Crippen LogP contribution in [0, 0.1) is 0 Å². The summed E-state index contributed by atoms with van der Waals surface area (Å²) < 4.78 is 34.7. The third-order valence-corrected chi connectivity index (χ3v) is 16.0. The van der Waals surface area contributed by atoms with Gasteiger partial charge < -0.3 is 18.9 Å². The number of nitrogens with zero attached hydrogens (tertiary/aromatic N) is 1. The van der Waals surface area contributed by atoms with E-state index in [4.69, 9.17) is 18.5 Å². The lowest BCUT2D eigenvalue weighted by Gasteiger charge is -2.24. The predicted octanol–water partition coefficient (Wildman–Crippen LogP) is 20.8. The van der Waals surface area contributed by atoms with Crippen LogP contribution in [0.2, 0.25) is 0 Å². The number of ether oxygens (including phenoxy) is 2. The number of likely N-dealkylation sites (N-methyl/N-ethyl adjacent to an activating group) is 1. The van der Waals surface area contributed by atoms with Crippen molar-refractivity contribution in [3.8, 4) is 0 Å². The molecule has 2 unspecified atom stereocenters. The number of quaternary nitrogens is 1. The van der Waals surface area contributed by atoms with Crippen molar-refractivity contribution in [3.63, 3.8) is 0 Å². The summed E-state index contributed by atoms with van der Waals surface area (Å²) in [6.07, 6.45) is 68.7. The Kier molecular flexibility index (Phi) is 56.5. The maximum atomic E-state index is 12.8. The first-order chi connectivity index (χ1) is 36.5. The molecule has 75 heavy (non-hydrogen) atoms.